The lowest BCUT2D eigenvalue weighted by Crippen LogP contribution is -2.48. The molecule has 4 rings (SSSR count). The number of benzene rings is 2. The summed E-state index contributed by atoms with van der Waals surface area (Å²) in [5.41, 5.74) is 1.30. The van der Waals surface area contributed by atoms with E-state index in [1.807, 2.05) is 29.2 Å². The van der Waals surface area contributed by atoms with Crippen molar-refractivity contribution in [2.24, 2.45) is 0 Å². The fraction of sp³-hybridized carbons (Fsp3) is 0.250. The van der Waals surface area contributed by atoms with Gasteiger partial charge in [-0.25, -0.2) is 0 Å². The van der Waals surface area contributed by atoms with Crippen LogP contribution < -0.4 is 0 Å². The molecule has 3 aromatic rings. The fourth-order valence-electron chi connectivity index (χ4n) is 3.25. The molecule has 0 atom stereocenters. The van der Waals surface area contributed by atoms with E-state index in [1.165, 1.54) is 10.3 Å². The number of halogens is 1. The van der Waals surface area contributed by atoms with Crippen molar-refractivity contribution in [1.29, 1.82) is 0 Å². The monoisotopic (exact) mass is 414 g/mol. The molecule has 1 saturated heterocycles. The zero-order valence-electron chi connectivity index (χ0n) is 13.8. The summed E-state index contributed by atoms with van der Waals surface area (Å²) in [4.78, 5) is 18.0. The Balaban J connectivity index is 1.38. The van der Waals surface area contributed by atoms with Gasteiger partial charge in [0.2, 0.25) is 0 Å². The Hall–Kier alpha value is -1.69. The summed E-state index contributed by atoms with van der Waals surface area (Å²) in [5, 5.41) is 1.16. The summed E-state index contributed by atoms with van der Waals surface area (Å²) in [6, 6.07) is 18.6. The molecular formula is C20H19BrN2OS. The van der Waals surface area contributed by atoms with Gasteiger partial charge >= 0.3 is 0 Å². The average Bonchev–Trinajstić information content (AvgIpc) is 3.06. The van der Waals surface area contributed by atoms with Crippen LogP contribution >= 0.6 is 27.3 Å². The predicted molar refractivity (Wildman–Crippen MR) is 107 cm³/mol. The molecule has 0 aliphatic carbocycles. The summed E-state index contributed by atoms with van der Waals surface area (Å²) in [6.07, 6.45) is 0. The first kappa shape index (κ1) is 16.8. The molecule has 2 heterocycles. The second kappa shape index (κ2) is 7.28. The van der Waals surface area contributed by atoms with Crippen LogP contribution in [-0.4, -0.2) is 41.9 Å². The van der Waals surface area contributed by atoms with Gasteiger partial charge in [0.05, 0.1) is 4.88 Å². The van der Waals surface area contributed by atoms with Gasteiger partial charge in [0.1, 0.15) is 0 Å². The van der Waals surface area contributed by atoms with Crippen LogP contribution in [0.2, 0.25) is 0 Å². The molecule has 1 aromatic heterocycles. The highest BCUT2D eigenvalue weighted by Gasteiger charge is 2.23. The number of fused-ring (bicyclic) bond motifs is 1. The molecule has 1 aliphatic rings. The van der Waals surface area contributed by atoms with Crippen LogP contribution in [0.3, 0.4) is 0 Å². The lowest BCUT2D eigenvalue weighted by atomic mass is 10.2. The number of nitrogens with zero attached hydrogens (tertiary/aromatic N) is 2. The molecule has 0 saturated carbocycles. The highest BCUT2D eigenvalue weighted by molar-refractivity contribution is 9.10. The summed E-state index contributed by atoms with van der Waals surface area (Å²) in [7, 11) is 0. The third-order valence-electron chi connectivity index (χ3n) is 4.59. The van der Waals surface area contributed by atoms with E-state index in [0.29, 0.717) is 0 Å². The van der Waals surface area contributed by atoms with E-state index < -0.39 is 0 Å². The van der Waals surface area contributed by atoms with Crippen molar-refractivity contribution < 1.29 is 4.79 Å². The van der Waals surface area contributed by atoms with E-state index in [-0.39, 0.29) is 5.91 Å². The molecule has 2 aromatic carbocycles. The number of amides is 1. The minimum atomic E-state index is 0.170. The summed E-state index contributed by atoms with van der Waals surface area (Å²) in [5.74, 6) is 0.170. The van der Waals surface area contributed by atoms with Gasteiger partial charge in [0.25, 0.3) is 5.91 Å². The topological polar surface area (TPSA) is 23.6 Å². The zero-order valence-corrected chi connectivity index (χ0v) is 16.2. The molecule has 5 heteroatoms. The Morgan fingerprint density at radius 1 is 1.00 bits per heavy atom. The van der Waals surface area contributed by atoms with Crippen LogP contribution in [0.15, 0.2) is 59.1 Å². The third kappa shape index (κ3) is 3.78. The Morgan fingerprint density at radius 2 is 1.80 bits per heavy atom. The van der Waals surface area contributed by atoms with Crippen LogP contribution in [0.4, 0.5) is 0 Å². The van der Waals surface area contributed by atoms with E-state index in [2.05, 4.69) is 51.2 Å². The van der Waals surface area contributed by atoms with Crippen LogP contribution in [0.25, 0.3) is 10.1 Å². The average molecular weight is 415 g/mol. The smallest absolute Gasteiger partial charge is 0.264 e. The third-order valence-corrected chi connectivity index (χ3v) is 6.19. The second-order valence-corrected chi connectivity index (χ2v) is 8.35. The minimum Gasteiger partial charge on any atom is -0.335 e. The molecule has 1 amide bonds. The molecule has 1 aliphatic heterocycles. The van der Waals surface area contributed by atoms with Crippen molar-refractivity contribution in [3.05, 3.63) is 69.5 Å². The van der Waals surface area contributed by atoms with Crippen molar-refractivity contribution in [3.8, 4) is 0 Å². The van der Waals surface area contributed by atoms with Gasteiger partial charge in [0.15, 0.2) is 0 Å². The van der Waals surface area contributed by atoms with Crippen LogP contribution in [-0.2, 0) is 6.54 Å². The van der Waals surface area contributed by atoms with E-state index >= 15 is 0 Å². The highest BCUT2D eigenvalue weighted by atomic mass is 79.9. The van der Waals surface area contributed by atoms with E-state index in [9.17, 15) is 4.79 Å². The van der Waals surface area contributed by atoms with Gasteiger partial charge in [-0.15, -0.1) is 11.3 Å². The van der Waals surface area contributed by atoms with Gasteiger partial charge in [-0.2, -0.15) is 0 Å². The van der Waals surface area contributed by atoms with Gasteiger partial charge in [-0.05, 0) is 35.2 Å². The molecular weight excluding hydrogens is 396 g/mol. The van der Waals surface area contributed by atoms with Crippen molar-refractivity contribution in [3.63, 3.8) is 0 Å². The Labute approximate surface area is 160 Å². The van der Waals surface area contributed by atoms with E-state index in [0.717, 1.165) is 47.5 Å². The molecule has 0 N–H and O–H groups in total. The maximum absolute atomic E-state index is 12.8. The number of thiophene rings is 1. The summed E-state index contributed by atoms with van der Waals surface area (Å²) < 4.78 is 2.29. The number of hydrogen-bond donors (Lipinski definition) is 0. The van der Waals surface area contributed by atoms with Gasteiger partial charge < -0.3 is 4.90 Å². The van der Waals surface area contributed by atoms with E-state index in [1.54, 1.807) is 11.3 Å². The number of carbonyl (C=O) groups excluding carboxylic acids is 1. The first-order chi connectivity index (χ1) is 12.2. The molecule has 128 valence electrons. The maximum atomic E-state index is 12.8. The van der Waals surface area contributed by atoms with Crippen molar-refractivity contribution in [1.82, 2.24) is 9.80 Å². The SMILES string of the molecule is O=C(c1cc2ccccc2s1)N1CCN(Cc2cccc(Br)c2)CC1. The number of carbonyl (C=O) groups is 1. The number of piperazine rings is 1. The van der Waals surface area contributed by atoms with Gasteiger partial charge in [-0.3, -0.25) is 9.69 Å². The minimum absolute atomic E-state index is 0.170. The van der Waals surface area contributed by atoms with Crippen molar-refractivity contribution in [2.75, 3.05) is 26.2 Å². The summed E-state index contributed by atoms with van der Waals surface area (Å²) >= 11 is 5.12. The van der Waals surface area contributed by atoms with Crippen molar-refractivity contribution >= 4 is 43.3 Å². The predicted octanol–water partition coefficient (Wildman–Crippen LogP) is 4.62. The van der Waals surface area contributed by atoms with Crippen LogP contribution in [0.1, 0.15) is 15.2 Å². The van der Waals surface area contributed by atoms with Gasteiger partial charge in [0, 0.05) is 41.9 Å². The molecule has 1 fully saturated rings. The van der Waals surface area contributed by atoms with Crippen molar-refractivity contribution in [2.45, 2.75) is 6.54 Å². The Morgan fingerprint density at radius 3 is 2.56 bits per heavy atom. The molecule has 0 bridgehead atoms. The standard InChI is InChI=1S/C20H19BrN2OS/c21-17-6-3-4-15(12-17)14-22-8-10-23(11-9-22)20(24)19-13-16-5-1-2-7-18(16)25-19/h1-7,12-13H,8-11,14H2. The van der Waals surface area contributed by atoms with E-state index in [4.69, 9.17) is 0 Å². The van der Waals surface area contributed by atoms with Crippen LogP contribution in [0, 0.1) is 0 Å². The largest absolute Gasteiger partial charge is 0.335 e. The first-order valence-corrected chi connectivity index (χ1v) is 10.0. The molecule has 0 spiro atoms. The molecule has 25 heavy (non-hydrogen) atoms. The number of rotatable bonds is 3. The molecule has 3 nitrogen and oxygen atoms in total. The molecule has 0 unspecified atom stereocenters. The highest BCUT2D eigenvalue weighted by Crippen LogP contribution is 2.26. The second-order valence-electron chi connectivity index (χ2n) is 6.35. The summed E-state index contributed by atoms with van der Waals surface area (Å²) in [6.45, 7) is 4.36. The maximum Gasteiger partial charge on any atom is 0.264 e. The Kier molecular flexibility index (Phi) is 4.88. The van der Waals surface area contributed by atoms with Gasteiger partial charge in [-0.1, -0.05) is 46.3 Å². The van der Waals surface area contributed by atoms with Crippen LogP contribution in [0.5, 0.6) is 0 Å². The zero-order chi connectivity index (χ0) is 17.2. The lowest BCUT2D eigenvalue weighted by molar-refractivity contribution is 0.0633. The normalized spacial score (nSPS) is 15.6. The number of hydrogen-bond acceptors (Lipinski definition) is 3. The molecule has 0 radical (unpaired) electrons. The lowest BCUT2D eigenvalue weighted by Gasteiger charge is -2.34. The quantitative estimate of drug-likeness (QED) is 0.623. The Bertz CT molecular complexity index is 866. The fourth-order valence-corrected chi connectivity index (χ4v) is 4.72. The first-order valence-electron chi connectivity index (χ1n) is 8.44.